The first-order chi connectivity index (χ1) is 28.2. The second kappa shape index (κ2) is 12.3. The van der Waals surface area contributed by atoms with Gasteiger partial charge in [0.2, 0.25) is 5.71 Å². The molecule has 0 aliphatic heterocycles. The zero-order valence-corrected chi connectivity index (χ0v) is 30.3. The van der Waals surface area contributed by atoms with Crippen LogP contribution in [-0.2, 0) is 0 Å². The fourth-order valence-electron chi connectivity index (χ4n) is 8.39. The lowest BCUT2D eigenvalue weighted by Gasteiger charge is -2.12. The molecule has 7 aromatic carbocycles. The van der Waals surface area contributed by atoms with Crippen molar-refractivity contribution in [2.24, 2.45) is 0 Å². The van der Waals surface area contributed by atoms with E-state index in [0.717, 1.165) is 82.8 Å². The molecule has 12 aromatic rings. The van der Waals surface area contributed by atoms with Gasteiger partial charge in [0.1, 0.15) is 16.7 Å². The topological polar surface area (TPSA) is 82.8 Å². The maximum absolute atomic E-state index is 6.34. The Morgan fingerprint density at radius 2 is 1.00 bits per heavy atom. The fourth-order valence-corrected chi connectivity index (χ4v) is 8.39. The lowest BCUT2D eigenvalue weighted by molar-refractivity contribution is 0.655. The highest BCUT2D eigenvalue weighted by molar-refractivity contribution is 6.12. The highest BCUT2D eigenvalue weighted by Crippen LogP contribution is 2.39. The molecule has 0 saturated carbocycles. The Morgan fingerprint density at radius 3 is 1.82 bits per heavy atom. The van der Waals surface area contributed by atoms with E-state index in [1.165, 1.54) is 10.8 Å². The second-order valence-corrected chi connectivity index (χ2v) is 14.2. The third-order valence-electron chi connectivity index (χ3n) is 10.9. The van der Waals surface area contributed by atoms with Gasteiger partial charge in [-0.15, -0.1) is 0 Å². The summed E-state index contributed by atoms with van der Waals surface area (Å²) in [5.41, 5.74) is 10.8. The Bertz CT molecular complexity index is 3500. The molecule has 12 rings (SSSR count). The number of hydrogen-bond donors (Lipinski definition) is 0. The molecule has 266 valence electrons. The molecular formula is C50H29N5O2. The number of para-hydroxylation sites is 4. The zero-order valence-electron chi connectivity index (χ0n) is 30.3. The van der Waals surface area contributed by atoms with E-state index in [4.69, 9.17) is 23.8 Å². The van der Waals surface area contributed by atoms with Gasteiger partial charge in [0.15, 0.2) is 17.5 Å². The molecule has 0 aliphatic carbocycles. The average molecular weight is 732 g/mol. The number of nitrogens with zero attached hydrogens (tertiary/aromatic N) is 5. The van der Waals surface area contributed by atoms with Crippen LogP contribution in [0.25, 0.3) is 117 Å². The number of rotatable bonds is 5. The van der Waals surface area contributed by atoms with Gasteiger partial charge < -0.3 is 13.4 Å². The minimum absolute atomic E-state index is 0.558. The molecule has 0 bridgehead atoms. The molecule has 0 fully saturated rings. The van der Waals surface area contributed by atoms with E-state index in [-0.39, 0.29) is 0 Å². The van der Waals surface area contributed by atoms with Gasteiger partial charge in [-0.2, -0.15) is 0 Å². The van der Waals surface area contributed by atoms with Crippen molar-refractivity contribution >= 4 is 65.8 Å². The number of furan rings is 2. The average Bonchev–Trinajstić information content (AvgIpc) is 3.96. The number of hydrogen-bond acceptors (Lipinski definition) is 6. The summed E-state index contributed by atoms with van der Waals surface area (Å²) in [5, 5.41) is 6.40. The largest absolute Gasteiger partial charge is 0.456 e. The Morgan fingerprint density at radius 1 is 0.404 bits per heavy atom. The highest BCUT2D eigenvalue weighted by atomic mass is 16.3. The number of aromatic nitrogens is 5. The second-order valence-electron chi connectivity index (χ2n) is 14.2. The minimum atomic E-state index is 0.558. The van der Waals surface area contributed by atoms with Crippen LogP contribution in [0.2, 0.25) is 0 Å². The van der Waals surface area contributed by atoms with E-state index in [1.54, 1.807) is 6.20 Å². The molecule has 0 spiro atoms. The first-order valence-electron chi connectivity index (χ1n) is 18.9. The van der Waals surface area contributed by atoms with Crippen molar-refractivity contribution in [1.29, 1.82) is 0 Å². The molecule has 7 heteroatoms. The van der Waals surface area contributed by atoms with Gasteiger partial charge in [0.05, 0.1) is 11.0 Å². The molecule has 0 amide bonds. The van der Waals surface area contributed by atoms with Crippen LogP contribution in [0.1, 0.15) is 0 Å². The maximum Gasteiger partial charge on any atom is 0.227 e. The van der Waals surface area contributed by atoms with E-state index in [1.807, 2.05) is 48.5 Å². The van der Waals surface area contributed by atoms with Crippen molar-refractivity contribution in [3.8, 4) is 51.0 Å². The molecule has 7 nitrogen and oxygen atoms in total. The van der Waals surface area contributed by atoms with E-state index >= 15 is 0 Å². The van der Waals surface area contributed by atoms with E-state index < -0.39 is 0 Å². The molecule has 5 heterocycles. The summed E-state index contributed by atoms with van der Waals surface area (Å²) in [6.45, 7) is 0. The SMILES string of the molecule is c1cc(-c2nc(-c3cccc(-n4c5ccccc5c5ccccc54)c3)nc(-c3cccc4oc5ccccc5c34)n2)cc(-c2cccc3c2oc2ncccc23)c1. The monoisotopic (exact) mass is 731 g/mol. The molecule has 5 aromatic heterocycles. The van der Waals surface area contributed by atoms with Crippen LogP contribution in [0.5, 0.6) is 0 Å². The van der Waals surface area contributed by atoms with Gasteiger partial charge in [-0.3, -0.25) is 0 Å². The van der Waals surface area contributed by atoms with E-state index in [2.05, 4.69) is 131 Å². The van der Waals surface area contributed by atoms with Gasteiger partial charge in [0, 0.05) is 66.5 Å². The van der Waals surface area contributed by atoms with Gasteiger partial charge in [-0.1, -0.05) is 115 Å². The molecular weight excluding hydrogens is 703 g/mol. The maximum atomic E-state index is 6.34. The van der Waals surface area contributed by atoms with Crippen LogP contribution in [0.3, 0.4) is 0 Å². The molecule has 0 unspecified atom stereocenters. The van der Waals surface area contributed by atoms with Gasteiger partial charge in [-0.25, -0.2) is 19.9 Å². The third kappa shape index (κ3) is 4.92. The zero-order chi connectivity index (χ0) is 37.5. The van der Waals surface area contributed by atoms with Crippen LogP contribution < -0.4 is 0 Å². The van der Waals surface area contributed by atoms with Crippen molar-refractivity contribution in [3.63, 3.8) is 0 Å². The highest BCUT2D eigenvalue weighted by Gasteiger charge is 2.20. The van der Waals surface area contributed by atoms with Crippen molar-refractivity contribution < 1.29 is 8.83 Å². The lowest BCUT2D eigenvalue weighted by atomic mass is 10.0. The number of fused-ring (bicyclic) bond motifs is 9. The van der Waals surface area contributed by atoms with Crippen molar-refractivity contribution in [2.45, 2.75) is 0 Å². The molecule has 0 N–H and O–H groups in total. The van der Waals surface area contributed by atoms with Gasteiger partial charge in [-0.05, 0) is 60.2 Å². The predicted molar refractivity (Wildman–Crippen MR) is 228 cm³/mol. The van der Waals surface area contributed by atoms with Crippen LogP contribution in [-0.4, -0.2) is 24.5 Å². The van der Waals surface area contributed by atoms with Crippen LogP contribution in [0, 0.1) is 0 Å². The summed E-state index contributed by atoms with van der Waals surface area (Å²) < 4.78 is 15.0. The Hall–Kier alpha value is -7.90. The van der Waals surface area contributed by atoms with E-state index in [0.29, 0.717) is 23.2 Å². The molecule has 0 atom stereocenters. The summed E-state index contributed by atoms with van der Waals surface area (Å²) in [7, 11) is 0. The Balaban J connectivity index is 1.07. The Labute approximate surface area is 325 Å². The fraction of sp³-hybridized carbons (Fsp3) is 0. The summed E-state index contributed by atoms with van der Waals surface area (Å²) in [5.74, 6) is 1.69. The lowest BCUT2D eigenvalue weighted by Crippen LogP contribution is -2.01. The summed E-state index contributed by atoms with van der Waals surface area (Å²) in [6, 6.07) is 58.2. The molecule has 0 saturated heterocycles. The van der Waals surface area contributed by atoms with E-state index in [9.17, 15) is 0 Å². The van der Waals surface area contributed by atoms with Gasteiger partial charge in [0.25, 0.3) is 0 Å². The summed E-state index contributed by atoms with van der Waals surface area (Å²) >= 11 is 0. The first-order valence-corrected chi connectivity index (χ1v) is 18.9. The summed E-state index contributed by atoms with van der Waals surface area (Å²) in [6.07, 6.45) is 1.76. The quantitative estimate of drug-likeness (QED) is 0.175. The van der Waals surface area contributed by atoms with Crippen molar-refractivity contribution in [2.75, 3.05) is 0 Å². The molecule has 57 heavy (non-hydrogen) atoms. The van der Waals surface area contributed by atoms with Crippen molar-refractivity contribution in [3.05, 3.63) is 176 Å². The van der Waals surface area contributed by atoms with Crippen LogP contribution in [0.15, 0.2) is 185 Å². The van der Waals surface area contributed by atoms with Crippen LogP contribution in [0.4, 0.5) is 0 Å². The Kier molecular flexibility index (Phi) is 6.79. The first kappa shape index (κ1) is 31.5. The summed E-state index contributed by atoms with van der Waals surface area (Å²) in [4.78, 5) is 20.2. The molecule has 0 aliphatic rings. The standard InChI is InChI=1S/C50H29N5O2/c1-4-23-41-35(16-1)36-17-2-5-24-42(36)55(41)33-15-8-14-32(29-33)48-52-47(53-49(54-48)40-21-10-26-44-45(40)39-18-3-6-25-43(39)56-44)31-13-7-12-30(28-31)34-19-9-20-37-38-22-11-27-51-50(38)57-46(34)37/h1-29H. The number of pyridine rings is 1. The predicted octanol–water partition coefficient (Wildman–Crippen LogP) is 12.8. The normalized spacial score (nSPS) is 11.9. The number of benzene rings is 7. The van der Waals surface area contributed by atoms with Crippen molar-refractivity contribution in [1.82, 2.24) is 24.5 Å². The minimum Gasteiger partial charge on any atom is -0.456 e. The van der Waals surface area contributed by atoms with Gasteiger partial charge >= 0.3 is 0 Å². The smallest absolute Gasteiger partial charge is 0.227 e. The third-order valence-corrected chi connectivity index (χ3v) is 10.9. The van der Waals surface area contributed by atoms with Crippen LogP contribution >= 0.6 is 0 Å². The molecule has 0 radical (unpaired) electrons.